The molecule has 0 aliphatic heterocycles. The van der Waals surface area contributed by atoms with Gasteiger partial charge in [0.25, 0.3) is 0 Å². The zero-order valence-corrected chi connectivity index (χ0v) is 28.8. The number of aryl methyl sites for hydroxylation is 2. The number of aromatic hydroxyl groups is 2. The van der Waals surface area contributed by atoms with E-state index in [-0.39, 0.29) is 10.8 Å². The largest absolute Gasteiger partial charge is 0.507 e. The van der Waals surface area contributed by atoms with Gasteiger partial charge in [-0.05, 0) is 169 Å². The van der Waals surface area contributed by atoms with Crippen LogP contribution in [0, 0.1) is 73.0 Å². The average molecular weight is 595 g/mol. The molecule has 2 nitrogen and oxygen atoms in total. The van der Waals surface area contributed by atoms with E-state index in [1.54, 1.807) is 0 Å². The van der Waals surface area contributed by atoms with Gasteiger partial charge in [0.1, 0.15) is 11.5 Å². The Morgan fingerprint density at radius 2 is 0.977 bits per heavy atom. The van der Waals surface area contributed by atoms with E-state index in [2.05, 4.69) is 79.7 Å². The predicted octanol–water partition coefficient (Wildman–Crippen LogP) is 10.5. The highest BCUT2D eigenvalue weighted by atomic mass is 16.3. The fourth-order valence-corrected chi connectivity index (χ4v) is 13.4. The van der Waals surface area contributed by atoms with Gasteiger partial charge in [-0.15, -0.1) is 0 Å². The highest BCUT2D eigenvalue weighted by Crippen LogP contribution is 2.72. The molecule has 44 heavy (non-hydrogen) atoms. The van der Waals surface area contributed by atoms with Crippen LogP contribution in [0.1, 0.15) is 138 Å². The van der Waals surface area contributed by atoms with E-state index in [1.165, 1.54) is 73.6 Å². The van der Waals surface area contributed by atoms with Crippen LogP contribution < -0.4 is 0 Å². The number of phenolic OH excluding ortho intramolecular Hbond substituents is 2. The van der Waals surface area contributed by atoms with Gasteiger partial charge in [0.15, 0.2) is 0 Å². The van der Waals surface area contributed by atoms with Gasteiger partial charge in [-0.3, -0.25) is 0 Å². The van der Waals surface area contributed by atoms with E-state index in [0.717, 1.165) is 70.3 Å². The average Bonchev–Trinajstić information content (AvgIpc) is 3.76. The minimum absolute atomic E-state index is 0.0439. The zero-order chi connectivity index (χ0) is 31.0. The standard InChI is InChI=1S/C42H58O2/c1-21-13-33(39(43)35(15-21)41(3,4)5)28-12-10-26-23-17-29(31(19-23)38(26)28)27-11-9-25-24-18-30(32(20-24)37(25)27)34-14-22(2)16-36(40(34)44)42(6,7)8/h13-16,23-32,37-38,43-44H,9-12,17-20H2,1-8H3. The van der Waals surface area contributed by atoms with Crippen molar-refractivity contribution in [2.75, 3.05) is 0 Å². The lowest BCUT2D eigenvalue weighted by molar-refractivity contribution is 0.0752. The molecule has 0 aromatic heterocycles. The van der Waals surface area contributed by atoms with Gasteiger partial charge < -0.3 is 10.2 Å². The van der Waals surface area contributed by atoms with Gasteiger partial charge >= 0.3 is 0 Å². The first-order chi connectivity index (χ1) is 20.7. The van der Waals surface area contributed by atoms with Crippen molar-refractivity contribution in [2.24, 2.45) is 59.2 Å². The Kier molecular flexibility index (Phi) is 6.54. The third kappa shape index (κ3) is 4.24. The molecule has 2 aromatic carbocycles. The molecule has 8 rings (SSSR count). The van der Waals surface area contributed by atoms with Gasteiger partial charge in [0, 0.05) is 0 Å². The lowest BCUT2D eigenvalue weighted by atomic mass is 9.62. The molecule has 0 spiro atoms. The van der Waals surface area contributed by atoms with Crippen LogP contribution in [-0.2, 0) is 10.8 Å². The summed E-state index contributed by atoms with van der Waals surface area (Å²) in [5, 5.41) is 23.4. The molecular formula is C42H58O2. The Balaban J connectivity index is 1.09. The summed E-state index contributed by atoms with van der Waals surface area (Å²) in [6.07, 6.45) is 11.2. The summed E-state index contributed by atoms with van der Waals surface area (Å²) >= 11 is 0. The molecule has 12 unspecified atom stereocenters. The Morgan fingerprint density at radius 3 is 1.59 bits per heavy atom. The van der Waals surface area contributed by atoms with Gasteiger partial charge in [-0.25, -0.2) is 0 Å². The molecule has 0 saturated heterocycles. The van der Waals surface area contributed by atoms with Crippen molar-refractivity contribution < 1.29 is 10.2 Å². The number of fused-ring (bicyclic) bond motifs is 10. The van der Waals surface area contributed by atoms with Crippen molar-refractivity contribution in [1.82, 2.24) is 0 Å². The van der Waals surface area contributed by atoms with Crippen LogP contribution in [0.3, 0.4) is 0 Å². The fourth-order valence-electron chi connectivity index (χ4n) is 13.4. The van der Waals surface area contributed by atoms with Crippen LogP contribution in [-0.4, -0.2) is 10.2 Å². The molecule has 238 valence electrons. The minimum atomic E-state index is -0.0450. The molecule has 0 heterocycles. The van der Waals surface area contributed by atoms with Crippen LogP contribution in [0.2, 0.25) is 0 Å². The number of hydrogen-bond donors (Lipinski definition) is 2. The summed E-state index contributed by atoms with van der Waals surface area (Å²) < 4.78 is 0. The molecule has 0 amide bonds. The molecule has 6 aliphatic carbocycles. The van der Waals surface area contributed by atoms with Crippen LogP contribution in [0.5, 0.6) is 11.5 Å². The van der Waals surface area contributed by atoms with Gasteiger partial charge in [-0.2, -0.15) is 0 Å². The summed E-state index contributed by atoms with van der Waals surface area (Å²) in [6.45, 7) is 17.9. The van der Waals surface area contributed by atoms with Crippen LogP contribution >= 0.6 is 0 Å². The fraction of sp³-hybridized carbons (Fsp3) is 0.714. The molecule has 6 aliphatic rings. The molecule has 2 N–H and O–H groups in total. The van der Waals surface area contributed by atoms with E-state index >= 15 is 0 Å². The number of rotatable bonds is 3. The molecule has 12 atom stereocenters. The Labute approximate surface area is 267 Å². The number of hydrogen-bond acceptors (Lipinski definition) is 2. The van der Waals surface area contributed by atoms with Crippen molar-refractivity contribution in [3.63, 3.8) is 0 Å². The predicted molar refractivity (Wildman–Crippen MR) is 180 cm³/mol. The SMILES string of the molecule is Cc1cc(C2CC3CC2C2C3CCC2C2CC3CC2C2C(c4cc(C)cc(C(C)(C)C)c4O)CCC32)c(O)c(C(C)(C)C)c1. The van der Waals surface area contributed by atoms with E-state index in [9.17, 15) is 10.2 Å². The third-order valence-corrected chi connectivity index (χ3v) is 14.7. The van der Waals surface area contributed by atoms with Gasteiger partial charge in [-0.1, -0.05) is 76.9 Å². The van der Waals surface area contributed by atoms with Crippen molar-refractivity contribution in [1.29, 1.82) is 0 Å². The Bertz CT molecular complexity index is 1470. The van der Waals surface area contributed by atoms with Crippen LogP contribution in [0.15, 0.2) is 24.3 Å². The zero-order valence-electron chi connectivity index (χ0n) is 28.8. The van der Waals surface area contributed by atoms with Gasteiger partial charge in [0.05, 0.1) is 0 Å². The molecule has 6 fully saturated rings. The highest BCUT2D eigenvalue weighted by molar-refractivity contribution is 5.50. The molecule has 6 saturated carbocycles. The van der Waals surface area contributed by atoms with Crippen molar-refractivity contribution in [3.8, 4) is 11.5 Å². The number of benzene rings is 2. The first-order valence-electron chi connectivity index (χ1n) is 18.4. The molecule has 4 bridgehead atoms. The topological polar surface area (TPSA) is 40.5 Å². The van der Waals surface area contributed by atoms with Crippen molar-refractivity contribution >= 4 is 0 Å². The Morgan fingerprint density at radius 1 is 0.500 bits per heavy atom. The number of phenols is 2. The monoisotopic (exact) mass is 594 g/mol. The van der Waals surface area contributed by atoms with Gasteiger partial charge in [0.2, 0.25) is 0 Å². The molecule has 2 aromatic rings. The summed E-state index contributed by atoms with van der Waals surface area (Å²) in [4.78, 5) is 0. The minimum Gasteiger partial charge on any atom is -0.507 e. The lowest BCUT2D eigenvalue weighted by Crippen LogP contribution is -2.36. The summed E-state index contributed by atoms with van der Waals surface area (Å²) in [5.41, 5.74) is 7.36. The highest BCUT2D eigenvalue weighted by Gasteiger charge is 2.64. The van der Waals surface area contributed by atoms with Crippen LogP contribution in [0.4, 0.5) is 0 Å². The second-order valence-electron chi connectivity index (χ2n) is 19.0. The first-order valence-corrected chi connectivity index (χ1v) is 18.4. The third-order valence-electron chi connectivity index (χ3n) is 14.7. The second-order valence-corrected chi connectivity index (χ2v) is 19.0. The summed E-state index contributed by atoms with van der Waals surface area (Å²) in [7, 11) is 0. The normalized spacial score (nSPS) is 40.6. The second kappa shape index (κ2) is 9.78. The van der Waals surface area contributed by atoms with E-state index in [1.807, 2.05) is 0 Å². The maximum Gasteiger partial charge on any atom is 0.122 e. The summed E-state index contributed by atoms with van der Waals surface area (Å²) in [6, 6.07) is 9.16. The first kappa shape index (κ1) is 29.4. The molecule has 2 heteroatoms. The van der Waals surface area contributed by atoms with Crippen molar-refractivity contribution in [2.45, 2.75) is 129 Å². The van der Waals surface area contributed by atoms with Crippen molar-refractivity contribution in [3.05, 3.63) is 57.6 Å². The smallest absolute Gasteiger partial charge is 0.122 e. The quantitative estimate of drug-likeness (QED) is 0.371. The summed E-state index contributed by atoms with van der Waals surface area (Å²) in [5.74, 6) is 10.8. The van der Waals surface area contributed by atoms with Crippen LogP contribution in [0.25, 0.3) is 0 Å². The Hall–Kier alpha value is -1.96. The maximum absolute atomic E-state index is 11.7. The maximum atomic E-state index is 11.7. The van der Waals surface area contributed by atoms with E-state index < -0.39 is 0 Å². The lowest BCUT2D eigenvalue weighted by Gasteiger charge is -2.43. The van der Waals surface area contributed by atoms with E-state index in [0.29, 0.717) is 23.3 Å². The van der Waals surface area contributed by atoms with E-state index in [4.69, 9.17) is 0 Å². The molecule has 0 radical (unpaired) electrons. The molecular weight excluding hydrogens is 536 g/mol.